The Morgan fingerprint density at radius 3 is 0.698 bits per heavy atom. The van der Waals surface area contributed by atoms with E-state index < -0.39 is 0 Å². The van der Waals surface area contributed by atoms with Crippen LogP contribution in [0, 0.1) is 73.1 Å². The van der Waals surface area contributed by atoms with Gasteiger partial charge in [-0.1, -0.05) is 194 Å². The van der Waals surface area contributed by atoms with Gasteiger partial charge < -0.3 is 33.5 Å². The topological polar surface area (TPSA) is 172 Å². The van der Waals surface area contributed by atoms with Gasteiger partial charge >= 0.3 is 29.8 Å². The lowest BCUT2D eigenvalue weighted by molar-refractivity contribution is -0.157. The van der Waals surface area contributed by atoms with E-state index in [4.69, 9.17) is 23.7 Å². The molecule has 0 N–H and O–H groups in total. The lowest BCUT2D eigenvalue weighted by atomic mass is 9.69. The molecule has 10 unspecified atom stereocenters. The normalized spacial score (nSPS) is 24.1. The molecule has 116 heavy (non-hydrogen) atoms. The van der Waals surface area contributed by atoms with E-state index in [1.165, 1.54) is 124 Å². The van der Waals surface area contributed by atoms with Crippen molar-refractivity contribution < 1.29 is 57.2 Å². The Kier molecular flexibility index (Phi) is 33.6. The number of carbonyl (C=O) groups is 7. The first-order chi connectivity index (χ1) is 55.5. The fraction of sp³-hybridized carbons (Fsp3) is 0.461. The summed E-state index contributed by atoms with van der Waals surface area (Å²) < 4.78 is 26.1. The average Bonchev–Trinajstić information content (AvgIpc) is 0.819. The highest BCUT2D eigenvalue weighted by molar-refractivity contribution is 5.79. The van der Waals surface area contributed by atoms with Crippen molar-refractivity contribution in [2.45, 2.75) is 251 Å². The molecule has 618 valence electrons. The zero-order chi connectivity index (χ0) is 83.9. The van der Waals surface area contributed by atoms with Crippen LogP contribution >= 0.6 is 0 Å². The first-order valence-electron chi connectivity index (χ1n) is 42.1. The molecule has 14 nitrogen and oxygen atoms in total. The average molecular weight is 1570 g/mol. The molecule has 13 rings (SSSR count). The van der Waals surface area contributed by atoms with Crippen LogP contribution in [0.1, 0.15) is 260 Å². The third-order valence-corrected chi connectivity index (χ3v) is 25.3. The number of nitrogens with zero attached hydrogens (tertiary/aromatic N) is 2. The van der Waals surface area contributed by atoms with Crippen LogP contribution in [-0.4, -0.2) is 111 Å². The molecule has 0 bridgehead atoms. The summed E-state index contributed by atoms with van der Waals surface area (Å²) in [7, 11) is 8.51. The van der Waals surface area contributed by atoms with Gasteiger partial charge in [-0.15, -0.1) is 0 Å². The van der Waals surface area contributed by atoms with Crippen molar-refractivity contribution >= 4 is 41.7 Å². The first kappa shape index (κ1) is 90.0. The second-order valence-electron chi connectivity index (χ2n) is 33.8. The van der Waals surface area contributed by atoms with Crippen molar-refractivity contribution in [1.82, 2.24) is 9.80 Å². The van der Waals surface area contributed by atoms with Gasteiger partial charge in [0, 0.05) is 67.2 Å². The molecule has 0 aromatic heterocycles. The zero-order valence-corrected chi connectivity index (χ0v) is 72.0. The number of aryl methyl sites for hydroxylation is 8. The number of ether oxygens (including phenoxy) is 5. The fourth-order valence-electron chi connectivity index (χ4n) is 19.7. The highest BCUT2D eigenvalue weighted by Gasteiger charge is 2.41. The summed E-state index contributed by atoms with van der Waals surface area (Å²) in [6, 6.07) is 68.6. The third-order valence-electron chi connectivity index (χ3n) is 25.3. The number of amides is 2. The van der Waals surface area contributed by atoms with E-state index in [1.807, 2.05) is 50.3 Å². The van der Waals surface area contributed by atoms with Crippen LogP contribution < -0.4 is 0 Å². The van der Waals surface area contributed by atoms with E-state index in [2.05, 4.69) is 225 Å². The van der Waals surface area contributed by atoms with E-state index in [0.29, 0.717) is 54.4 Å². The third kappa shape index (κ3) is 25.0. The van der Waals surface area contributed by atoms with Gasteiger partial charge in [-0.05, 0) is 282 Å². The minimum atomic E-state index is -0.285. The Morgan fingerprint density at radius 1 is 0.267 bits per heavy atom. The van der Waals surface area contributed by atoms with E-state index in [0.717, 1.165) is 83.5 Å². The summed E-state index contributed by atoms with van der Waals surface area (Å²) in [4.78, 5) is 86.2. The standard InChI is InChI=1S/2C23H29NO.C22H26O2.2C17H22O4/c1-16-9-5-7-11-21(16)18-13-19(22-12-8-6-10-17(22)2)15-20(14-18)23(25)24(3)4;1-16-9-5-7-11-22(16)19-13-20(23-12-8-6-10-17(23)2)15-21(14-19)24(4)18(3)25;1-15-8-4-6-10-21(15)18-12-19(14-20(13-18)24-17(3)23)22-11-7-5-9-16(22)2;1-11-6-4-5-7-15(11)12-8-13(16(18)20-2)10-14(9-12)17(19)21-3;1-11-6-4-5-7-17(11)14-8-15(20-12(2)18)10-16(9-14)21-13(3)19/h5-12,18-20H,13-15H2,1-4H3;5-12,19-21H,13-15H2,1-4H3;4-11,18-20H,12-14H2,1-3H3;4-7,12-14H,8-10H2,1-3H3;4-7,14-16H,8-10H2,1-3H3. The maximum absolute atomic E-state index is 12.7. The molecule has 8 aromatic rings. The molecule has 0 aliphatic heterocycles. The SMILES string of the molecule is CC(=O)N(C)C1CC(c2ccccc2C)CC(c2ccccc2C)C1.CC(=O)OC1CC(OC(C)=O)CC(c2ccccc2C)C1.CC(=O)OC1CC(c2ccccc2C)CC(c2ccccc2C)C1.COC(=O)C1CC(C(=O)OC)CC(c2ccccc2C)C1.Cc1ccccc1C1CC(C(=O)N(C)C)CC(c2ccccc2C)C1. The highest BCUT2D eigenvalue weighted by Crippen LogP contribution is 2.49. The van der Waals surface area contributed by atoms with Crippen molar-refractivity contribution in [3.05, 3.63) is 283 Å². The minimum Gasteiger partial charge on any atom is -0.469 e. The first-order valence-corrected chi connectivity index (χ1v) is 42.1. The predicted molar refractivity (Wildman–Crippen MR) is 463 cm³/mol. The maximum atomic E-state index is 12.7. The number of rotatable bonds is 15. The molecule has 14 heteroatoms. The number of hydrogen-bond acceptors (Lipinski definition) is 12. The van der Waals surface area contributed by atoms with E-state index in [1.54, 1.807) is 11.8 Å². The van der Waals surface area contributed by atoms with Crippen molar-refractivity contribution in [1.29, 1.82) is 0 Å². The second kappa shape index (κ2) is 43.3. The van der Waals surface area contributed by atoms with E-state index in [-0.39, 0.29) is 89.6 Å². The van der Waals surface area contributed by atoms with Crippen LogP contribution in [0.2, 0.25) is 0 Å². The maximum Gasteiger partial charge on any atom is 0.308 e. The van der Waals surface area contributed by atoms with Gasteiger partial charge in [0.15, 0.2) is 0 Å². The molecular formula is C102H128N2O12. The van der Waals surface area contributed by atoms with Gasteiger partial charge in [0.2, 0.25) is 11.8 Å². The smallest absolute Gasteiger partial charge is 0.308 e. The van der Waals surface area contributed by atoms with Crippen LogP contribution in [0.4, 0.5) is 0 Å². The number of methoxy groups -OCH3 is 2. The van der Waals surface area contributed by atoms with Crippen LogP contribution in [0.25, 0.3) is 0 Å². The van der Waals surface area contributed by atoms with Crippen LogP contribution in [-0.2, 0) is 57.2 Å². The van der Waals surface area contributed by atoms with Crippen LogP contribution in [0.5, 0.6) is 0 Å². The number of benzene rings is 8. The quantitative estimate of drug-likeness (QED) is 0.0703. The molecule has 0 spiro atoms. The molecule has 0 radical (unpaired) electrons. The molecule has 5 saturated carbocycles. The summed E-state index contributed by atoms with van der Waals surface area (Å²) in [6.07, 6.45) is 13.0. The van der Waals surface area contributed by atoms with Gasteiger partial charge in [-0.3, -0.25) is 33.6 Å². The molecule has 0 heterocycles. The zero-order valence-electron chi connectivity index (χ0n) is 72.0. The van der Waals surface area contributed by atoms with Crippen molar-refractivity contribution in [3.8, 4) is 0 Å². The monoisotopic (exact) mass is 1570 g/mol. The van der Waals surface area contributed by atoms with Gasteiger partial charge in [-0.2, -0.15) is 0 Å². The predicted octanol–water partition coefficient (Wildman–Crippen LogP) is 21.5. The number of esters is 5. The summed E-state index contributed by atoms with van der Waals surface area (Å²) >= 11 is 0. The summed E-state index contributed by atoms with van der Waals surface area (Å²) in [5.74, 6) is 2.09. The Hall–Kier alpha value is -9.95. The minimum absolute atomic E-state index is 0.00506. The van der Waals surface area contributed by atoms with E-state index >= 15 is 0 Å². The molecule has 10 atom stereocenters. The lowest BCUT2D eigenvalue weighted by Crippen LogP contribution is -2.40. The Morgan fingerprint density at radius 2 is 0.474 bits per heavy atom. The summed E-state index contributed by atoms with van der Waals surface area (Å²) in [6.45, 7) is 23.3. The molecule has 5 aliphatic rings. The van der Waals surface area contributed by atoms with Gasteiger partial charge in [0.1, 0.15) is 18.3 Å². The van der Waals surface area contributed by atoms with Crippen LogP contribution in [0.3, 0.4) is 0 Å². The molecule has 8 aromatic carbocycles. The Bertz CT molecular complexity index is 4390. The van der Waals surface area contributed by atoms with Gasteiger partial charge in [-0.25, -0.2) is 0 Å². The Balaban J connectivity index is 0.000000166. The largest absolute Gasteiger partial charge is 0.469 e. The van der Waals surface area contributed by atoms with Gasteiger partial charge in [0.05, 0.1) is 26.1 Å². The molecule has 5 aliphatic carbocycles. The van der Waals surface area contributed by atoms with Crippen molar-refractivity contribution in [2.75, 3.05) is 35.4 Å². The summed E-state index contributed by atoms with van der Waals surface area (Å²) in [5.41, 5.74) is 21.4. The fourth-order valence-corrected chi connectivity index (χ4v) is 19.7. The second-order valence-corrected chi connectivity index (χ2v) is 33.8. The van der Waals surface area contributed by atoms with Crippen molar-refractivity contribution in [2.24, 2.45) is 17.8 Å². The molecule has 5 fully saturated rings. The van der Waals surface area contributed by atoms with E-state index in [9.17, 15) is 33.6 Å². The molecular weight excluding hydrogens is 1450 g/mol. The Labute approximate surface area is 692 Å². The number of hydrogen-bond donors (Lipinski definition) is 0. The lowest BCUT2D eigenvalue weighted by Gasteiger charge is -2.40. The summed E-state index contributed by atoms with van der Waals surface area (Å²) in [5, 5.41) is 0. The number of carbonyl (C=O) groups excluding carboxylic acids is 7. The molecule has 0 saturated heterocycles. The van der Waals surface area contributed by atoms with Gasteiger partial charge in [0.25, 0.3) is 0 Å². The van der Waals surface area contributed by atoms with Crippen molar-refractivity contribution in [3.63, 3.8) is 0 Å². The molecule has 2 amide bonds. The highest BCUT2D eigenvalue weighted by atomic mass is 16.6. The van der Waals surface area contributed by atoms with Crippen LogP contribution in [0.15, 0.2) is 194 Å².